The van der Waals surface area contributed by atoms with Crippen LogP contribution < -0.4 is 10.6 Å². The minimum atomic E-state index is -3.68. The molecule has 0 spiro atoms. The summed E-state index contributed by atoms with van der Waals surface area (Å²) in [5.41, 5.74) is 6.09. The second-order valence-electron chi connectivity index (χ2n) is 4.95. The van der Waals surface area contributed by atoms with Gasteiger partial charge in [0.15, 0.2) is 0 Å². The van der Waals surface area contributed by atoms with Crippen molar-refractivity contribution in [3.05, 3.63) is 60.0 Å². The summed E-state index contributed by atoms with van der Waals surface area (Å²) in [5, 5.41) is 9.22. The van der Waals surface area contributed by atoms with Crippen LogP contribution in [0, 0.1) is 6.92 Å². The Morgan fingerprint density at radius 2 is 1.96 bits per heavy atom. The van der Waals surface area contributed by atoms with Gasteiger partial charge in [-0.2, -0.15) is 5.10 Å². The number of hydrogen-bond donors (Lipinski definition) is 2. The van der Waals surface area contributed by atoms with Gasteiger partial charge >= 0.3 is 0 Å². The summed E-state index contributed by atoms with van der Waals surface area (Å²) in [6, 6.07) is 11.8. The molecule has 23 heavy (non-hydrogen) atoms. The van der Waals surface area contributed by atoms with Crippen LogP contribution in [0.1, 0.15) is 11.4 Å². The molecule has 0 amide bonds. The van der Waals surface area contributed by atoms with E-state index in [4.69, 9.17) is 5.14 Å². The summed E-state index contributed by atoms with van der Waals surface area (Å²) in [5.74, 6) is 0. The van der Waals surface area contributed by atoms with Crippen molar-refractivity contribution >= 4 is 27.6 Å². The molecule has 3 N–H and O–H groups in total. The summed E-state index contributed by atoms with van der Waals surface area (Å²) in [6.07, 6.45) is 3.58. The summed E-state index contributed by atoms with van der Waals surface area (Å²) in [6.45, 7) is 1.91. The average molecular weight is 329 g/mol. The molecule has 3 aromatic rings. The fourth-order valence-electron chi connectivity index (χ4n) is 2.18. The molecule has 0 aliphatic rings. The van der Waals surface area contributed by atoms with Gasteiger partial charge in [0.2, 0.25) is 10.0 Å². The third-order valence-corrected chi connectivity index (χ3v) is 4.24. The zero-order chi connectivity index (χ0) is 16.4. The molecule has 8 heteroatoms. The van der Waals surface area contributed by atoms with Gasteiger partial charge in [0, 0.05) is 6.20 Å². The number of hydrazone groups is 1. The lowest BCUT2D eigenvalue weighted by Gasteiger charge is -2.02. The third kappa shape index (κ3) is 3.22. The van der Waals surface area contributed by atoms with Crippen LogP contribution in [0.5, 0.6) is 0 Å². The Hall–Kier alpha value is -2.71. The van der Waals surface area contributed by atoms with Gasteiger partial charge in [0.25, 0.3) is 0 Å². The molecule has 118 valence electrons. The van der Waals surface area contributed by atoms with Gasteiger partial charge in [-0.15, -0.1) is 0 Å². The Balaban J connectivity index is 1.79. The lowest BCUT2D eigenvalue weighted by molar-refractivity contribution is 0.598. The van der Waals surface area contributed by atoms with Crippen molar-refractivity contribution in [1.29, 1.82) is 0 Å². The fourth-order valence-corrected chi connectivity index (χ4v) is 2.69. The molecule has 1 aromatic carbocycles. The first kappa shape index (κ1) is 15.2. The van der Waals surface area contributed by atoms with E-state index in [9.17, 15) is 8.42 Å². The zero-order valence-electron chi connectivity index (χ0n) is 12.3. The van der Waals surface area contributed by atoms with Crippen LogP contribution in [0.2, 0.25) is 0 Å². The maximum absolute atomic E-state index is 11.2. The lowest BCUT2D eigenvalue weighted by Crippen LogP contribution is -2.11. The average Bonchev–Trinajstić information content (AvgIpc) is 2.83. The number of anilines is 1. The van der Waals surface area contributed by atoms with E-state index in [1.54, 1.807) is 18.3 Å². The number of sulfonamides is 1. The van der Waals surface area contributed by atoms with E-state index in [0.717, 1.165) is 17.0 Å². The van der Waals surface area contributed by atoms with Gasteiger partial charge in [-0.25, -0.2) is 18.5 Å². The number of nitrogens with two attached hydrogens (primary N) is 1. The van der Waals surface area contributed by atoms with Crippen molar-refractivity contribution in [2.75, 3.05) is 5.43 Å². The highest BCUT2D eigenvalue weighted by Gasteiger charge is 2.07. The Bertz CT molecular complexity index is 975. The van der Waals surface area contributed by atoms with Gasteiger partial charge < -0.3 is 0 Å². The Morgan fingerprint density at radius 1 is 1.22 bits per heavy atom. The van der Waals surface area contributed by atoms with E-state index in [-0.39, 0.29) is 4.90 Å². The zero-order valence-corrected chi connectivity index (χ0v) is 13.2. The van der Waals surface area contributed by atoms with Crippen molar-refractivity contribution in [3.8, 4) is 0 Å². The lowest BCUT2D eigenvalue weighted by atomic mass is 10.3. The number of benzene rings is 1. The standard InChI is InChI=1S/C15H15N5O2S/c1-11-14(20-9-3-2-4-15(20)18-11)10-17-19-12-5-7-13(8-6-12)23(16,21)22/h2-10,19H,1H3,(H2,16,21,22)/b17-10+. The van der Waals surface area contributed by atoms with E-state index >= 15 is 0 Å². The number of hydrogen-bond acceptors (Lipinski definition) is 5. The quantitative estimate of drug-likeness (QED) is 0.562. The first-order chi connectivity index (χ1) is 10.9. The van der Waals surface area contributed by atoms with Crippen molar-refractivity contribution in [2.45, 2.75) is 11.8 Å². The van der Waals surface area contributed by atoms with Crippen LogP contribution in [0.25, 0.3) is 5.65 Å². The summed E-state index contributed by atoms with van der Waals surface area (Å²) >= 11 is 0. The largest absolute Gasteiger partial charge is 0.298 e. The van der Waals surface area contributed by atoms with E-state index in [2.05, 4.69) is 15.5 Å². The van der Waals surface area contributed by atoms with Gasteiger partial charge in [-0.1, -0.05) is 6.07 Å². The van der Waals surface area contributed by atoms with Crippen molar-refractivity contribution < 1.29 is 8.42 Å². The third-order valence-electron chi connectivity index (χ3n) is 3.31. The molecule has 3 rings (SSSR count). The monoisotopic (exact) mass is 329 g/mol. The smallest absolute Gasteiger partial charge is 0.238 e. The molecule has 0 aliphatic carbocycles. The van der Waals surface area contributed by atoms with Gasteiger partial charge in [0.1, 0.15) is 5.65 Å². The van der Waals surface area contributed by atoms with Gasteiger partial charge in [0.05, 0.1) is 28.2 Å². The first-order valence-corrected chi connectivity index (χ1v) is 8.35. The summed E-state index contributed by atoms with van der Waals surface area (Å²) in [7, 11) is -3.68. The van der Waals surface area contributed by atoms with Crippen LogP contribution in [-0.4, -0.2) is 24.0 Å². The number of pyridine rings is 1. The molecular weight excluding hydrogens is 314 g/mol. The fraction of sp³-hybridized carbons (Fsp3) is 0.0667. The second kappa shape index (κ2) is 5.82. The summed E-state index contributed by atoms with van der Waals surface area (Å²) < 4.78 is 24.3. The highest BCUT2D eigenvalue weighted by atomic mass is 32.2. The van der Waals surface area contributed by atoms with Crippen LogP contribution in [0.15, 0.2) is 58.7 Å². The number of fused-ring (bicyclic) bond motifs is 1. The number of nitrogens with one attached hydrogen (secondary N) is 1. The molecular formula is C15H15N5O2S. The van der Waals surface area contributed by atoms with Crippen molar-refractivity contribution in [1.82, 2.24) is 9.38 Å². The maximum Gasteiger partial charge on any atom is 0.238 e. The molecule has 0 unspecified atom stereocenters. The Kier molecular flexibility index (Phi) is 3.85. The number of imidazole rings is 1. The minimum absolute atomic E-state index is 0.0599. The van der Waals surface area contributed by atoms with Crippen molar-refractivity contribution in [3.63, 3.8) is 0 Å². The molecule has 0 saturated carbocycles. The van der Waals surface area contributed by atoms with E-state index < -0.39 is 10.0 Å². The highest BCUT2D eigenvalue weighted by molar-refractivity contribution is 7.89. The molecule has 0 aliphatic heterocycles. The molecule has 0 saturated heterocycles. The number of primary sulfonamides is 1. The number of aryl methyl sites for hydroxylation is 1. The number of rotatable bonds is 4. The first-order valence-electron chi connectivity index (χ1n) is 6.81. The molecule has 7 nitrogen and oxygen atoms in total. The molecule has 2 heterocycles. The van der Waals surface area contributed by atoms with Crippen LogP contribution in [0.4, 0.5) is 5.69 Å². The Morgan fingerprint density at radius 3 is 2.65 bits per heavy atom. The molecule has 0 atom stereocenters. The van der Waals surface area contributed by atoms with E-state index in [1.807, 2.05) is 35.7 Å². The number of aromatic nitrogens is 2. The van der Waals surface area contributed by atoms with Crippen LogP contribution in [-0.2, 0) is 10.0 Å². The predicted octanol–water partition coefficient (Wildman–Crippen LogP) is 1.74. The SMILES string of the molecule is Cc1nc2ccccn2c1/C=N/Nc1ccc(S(N)(=O)=O)cc1. The second-order valence-corrected chi connectivity index (χ2v) is 6.51. The Labute approximate surface area is 133 Å². The van der Waals surface area contributed by atoms with Gasteiger partial charge in [-0.3, -0.25) is 9.83 Å². The maximum atomic E-state index is 11.2. The topological polar surface area (TPSA) is 102 Å². The van der Waals surface area contributed by atoms with Crippen LogP contribution >= 0.6 is 0 Å². The number of nitrogens with zero attached hydrogens (tertiary/aromatic N) is 3. The van der Waals surface area contributed by atoms with E-state index in [0.29, 0.717) is 5.69 Å². The van der Waals surface area contributed by atoms with Gasteiger partial charge in [-0.05, 0) is 43.3 Å². The molecule has 0 radical (unpaired) electrons. The van der Waals surface area contributed by atoms with E-state index in [1.165, 1.54) is 12.1 Å². The summed E-state index contributed by atoms with van der Waals surface area (Å²) in [4.78, 5) is 4.50. The van der Waals surface area contributed by atoms with Crippen molar-refractivity contribution in [2.24, 2.45) is 10.2 Å². The normalized spacial score (nSPS) is 12.1. The predicted molar refractivity (Wildman–Crippen MR) is 89.0 cm³/mol. The molecule has 2 aromatic heterocycles. The molecule has 0 bridgehead atoms. The van der Waals surface area contributed by atoms with Crippen LogP contribution in [0.3, 0.4) is 0 Å². The highest BCUT2D eigenvalue weighted by Crippen LogP contribution is 2.13. The minimum Gasteiger partial charge on any atom is -0.298 e. The molecule has 0 fully saturated rings.